The highest BCUT2D eigenvalue weighted by Crippen LogP contribution is 2.17. The Bertz CT molecular complexity index is 469. The molecule has 0 spiro atoms. The molecule has 7 heteroatoms. The lowest BCUT2D eigenvalue weighted by atomic mass is 10.0. The Morgan fingerprint density at radius 2 is 2.11 bits per heavy atom. The molecule has 0 fully saturated rings. The number of anilines is 1. The van der Waals surface area contributed by atoms with Gasteiger partial charge in [-0.1, -0.05) is 6.92 Å². The second-order valence-electron chi connectivity index (χ2n) is 4.05. The van der Waals surface area contributed by atoms with Crippen LogP contribution in [0.5, 0.6) is 0 Å². The number of carbonyl (C=O) groups is 3. The van der Waals surface area contributed by atoms with E-state index in [9.17, 15) is 14.4 Å². The second-order valence-corrected chi connectivity index (χ2v) is 4.91. The predicted molar refractivity (Wildman–Crippen MR) is 66.8 cm³/mol. The summed E-state index contributed by atoms with van der Waals surface area (Å²) in [5, 5.41) is 13.0. The SMILES string of the molecule is CC(=O)c1csc(NC(=O)CC(C)CC(=O)O)n1. The quantitative estimate of drug-likeness (QED) is 0.768. The van der Waals surface area contributed by atoms with Crippen LogP contribution in [0.4, 0.5) is 5.13 Å². The minimum atomic E-state index is -0.927. The molecule has 6 nitrogen and oxygen atoms in total. The average Bonchev–Trinajstić information content (AvgIpc) is 2.63. The fourth-order valence-electron chi connectivity index (χ4n) is 1.35. The van der Waals surface area contributed by atoms with Gasteiger partial charge in [0.1, 0.15) is 5.69 Å². The molecule has 0 radical (unpaired) electrons. The maximum Gasteiger partial charge on any atom is 0.303 e. The number of amides is 1. The van der Waals surface area contributed by atoms with E-state index in [1.165, 1.54) is 18.3 Å². The number of hydrogen-bond donors (Lipinski definition) is 2. The molecule has 0 aromatic carbocycles. The third kappa shape index (κ3) is 4.62. The predicted octanol–water partition coefficient (Wildman–Crippen LogP) is 1.79. The summed E-state index contributed by atoms with van der Waals surface area (Å²) >= 11 is 1.17. The first-order chi connectivity index (χ1) is 8.38. The van der Waals surface area contributed by atoms with Crippen molar-refractivity contribution in [3.8, 4) is 0 Å². The van der Waals surface area contributed by atoms with Gasteiger partial charge in [0, 0.05) is 25.1 Å². The fourth-order valence-corrected chi connectivity index (χ4v) is 2.12. The zero-order valence-electron chi connectivity index (χ0n) is 10.1. The molecule has 1 amide bonds. The van der Waals surface area contributed by atoms with Gasteiger partial charge in [-0.2, -0.15) is 0 Å². The first kappa shape index (κ1) is 14.3. The lowest BCUT2D eigenvalue weighted by molar-refractivity contribution is -0.138. The van der Waals surface area contributed by atoms with Crippen molar-refractivity contribution in [1.29, 1.82) is 0 Å². The van der Waals surface area contributed by atoms with Crippen molar-refractivity contribution in [2.45, 2.75) is 26.7 Å². The van der Waals surface area contributed by atoms with Crippen molar-refractivity contribution in [2.75, 3.05) is 5.32 Å². The first-order valence-corrected chi connectivity index (χ1v) is 6.24. The molecule has 0 saturated carbocycles. The molecule has 0 saturated heterocycles. The molecule has 1 atom stereocenters. The summed E-state index contributed by atoms with van der Waals surface area (Å²) in [5.41, 5.74) is 0.314. The largest absolute Gasteiger partial charge is 0.481 e. The number of hydrogen-bond acceptors (Lipinski definition) is 5. The van der Waals surface area contributed by atoms with Crippen LogP contribution in [0, 0.1) is 5.92 Å². The summed E-state index contributed by atoms with van der Waals surface area (Å²) in [6, 6.07) is 0. The van der Waals surface area contributed by atoms with Crippen molar-refractivity contribution in [1.82, 2.24) is 4.98 Å². The molecular weight excluding hydrogens is 256 g/mol. The standard InChI is InChI=1S/C11H14N2O4S/c1-6(4-10(16)17)3-9(15)13-11-12-8(5-18-11)7(2)14/h5-6H,3-4H2,1-2H3,(H,16,17)(H,12,13,15). The highest BCUT2D eigenvalue weighted by atomic mass is 32.1. The molecule has 1 heterocycles. The number of ketones is 1. The van der Waals surface area contributed by atoms with Crippen LogP contribution >= 0.6 is 11.3 Å². The van der Waals surface area contributed by atoms with Gasteiger partial charge in [0.05, 0.1) is 0 Å². The van der Waals surface area contributed by atoms with Gasteiger partial charge in [-0.15, -0.1) is 11.3 Å². The number of Topliss-reactive ketones (excluding diaryl/α,β-unsaturated/α-hetero) is 1. The molecule has 1 aromatic heterocycles. The molecule has 0 aliphatic rings. The van der Waals surface area contributed by atoms with Crippen LogP contribution in [-0.2, 0) is 9.59 Å². The topological polar surface area (TPSA) is 96.4 Å². The highest BCUT2D eigenvalue weighted by molar-refractivity contribution is 7.14. The molecule has 0 aliphatic carbocycles. The summed E-state index contributed by atoms with van der Waals surface area (Å²) in [4.78, 5) is 37.0. The number of aromatic nitrogens is 1. The van der Waals surface area contributed by atoms with Crippen LogP contribution in [0.3, 0.4) is 0 Å². The third-order valence-electron chi connectivity index (χ3n) is 2.17. The maximum atomic E-state index is 11.6. The minimum Gasteiger partial charge on any atom is -0.481 e. The number of thiazole rings is 1. The van der Waals surface area contributed by atoms with Crippen LogP contribution in [0.2, 0.25) is 0 Å². The smallest absolute Gasteiger partial charge is 0.303 e. The zero-order valence-corrected chi connectivity index (χ0v) is 10.9. The van der Waals surface area contributed by atoms with Crippen molar-refractivity contribution in [3.63, 3.8) is 0 Å². The number of rotatable bonds is 6. The molecule has 98 valence electrons. The Morgan fingerprint density at radius 1 is 1.44 bits per heavy atom. The van der Waals surface area contributed by atoms with Crippen molar-refractivity contribution in [3.05, 3.63) is 11.1 Å². The normalized spacial score (nSPS) is 11.9. The van der Waals surface area contributed by atoms with E-state index >= 15 is 0 Å². The number of nitrogens with one attached hydrogen (secondary N) is 1. The van der Waals surface area contributed by atoms with E-state index in [4.69, 9.17) is 5.11 Å². The average molecular weight is 270 g/mol. The first-order valence-electron chi connectivity index (χ1n) is 5.36. The van der Waals surface area contributed by atoms with Gasteiger partial charge in [0.15, 0.2) is 10.9 Å². The Labute approximate surface area is 108 Å². The molecule has 1 unspecified atom stereocenters. The molecule has 0 bridgehead atoms. The van der Waals surface area contributed by atoms with Crippen LogP contribution in [0.15, 0.2) is 5.38 Å². The third-order valence-corrected chi connectivity index (χ3v) is 2.93. The van der Waals surface area contributed by atoms with Crippen LogP contribution in [-0.4, -0.2) is 27.8 Å². The molecule has 0 aliphatic heterocycles. The van der Waals surface area contributed by atoms with Crippen molar-refractivity contribution in [2.24, 2.45) is 5.92 Å². The Morgan fingerprint density at radius 3 is 2.61 bits per heavy atom. The lowest BCUT2D eigenvalue weighted by Crippen LogP contribution is -2.17. The van der Waals surface area contributed by atoms with Crippen molar-refractivity contribution < 1.29 is 19.5 Å². The van der Waals surface area contributed by atoms with E-state index in [0.29, 0.717) is 10.8 Å². The monoisotopic (exact) mass is 270 g/mol. The van der Waals surface area contributed by atoms with Crippen LogP contribution in [0.1, 0.15) is 37.2 Å². The van der Waals surface area contributed by atoms with Gasteiger partial charge in [0.25, 0.3) is 0 Å². The molecule has 2 N–H and O–H groups in total. The number of carboxylic acid groups (broad SMARTS) is 1. The highest BCUT2D eigenvalue weighted by Gasteiger charge is 2.14. The lowest BCUT2D eigenvalue weighted by Gasteiger charge is -2.07. The van der Waals surface area contributed by atoms with Crippen LogP contribution < -0.4 is 5.32 Å². The number of aliphatic carboxylic acids is 1. The number of carboxylic acids is 1. The van der Waals surface area contributed by atoms with E-state index in [1.807, 2.05) is 0 Å². The molecule has 1 aromatic rings. The van der Waals surface area contributed by atoms with Gasteiger partial charge >= 0.3 is 5.97 Å². The van der Waals surface area contributed by atoms with E-state index in [2.05, 4.69) is 10.3 Å². The summed E-state index contributed by atoms with van der Waals surface area (Å²) < 4.78 is 0. The fraction of sp³-hybridized carbons (Fsp3) is 0.455. The van der Waals surface area contributed by atoms with E-state index < -0.39 is 5.97 Å². The Balaban J connectivity index is 2.48. The number of nitrogens with zero attached hydrogens (tertiary/aromatic N) is 1. The molecule has 18 heavy (non-hydrogen) atoms. The van der Waals surface area contributed by atoms with Gasteiger partial charge in [-0.25, -0.2) is 4.98 Å². The summed E-state index contributed by atoms with van der Waals surface area (Å²) in [7, 11) is 0. The van der Waals surface area contributed by atoms with Gasteiger partial charge in [-0.3, -0.25) is 14.4 Å². The van der Waals surface area contributed by atoms with Gasteiger partial charge in [-0.05, 0) is 5.92 Å². The molecule has 1 rings (SSSR count). The summed E-state index contributed by atoms with van der Waals surface area (Å²) in [5.74, 6) is -1.63. The Hall–Kier alpha value is -1.76. The number of carbonyl (C=O) groups excluding carboxylic acids is 2. The second kappa shape index (κ2) is 6.25. The van der Waals surface area contributed by atoms with Gasteiger partial charge < -0.3 is 10.4 Å². The van der Waals surface area contributed by atoms with Gasteiger partial charge in [0.2, 0.25) is 5.91 Å². The summed E-state index contributed by atoms with van der Waals surface area (Å²) in [6.07, 6.45) is 0.0608. The molecular formula is C11H14N2O4S. The minimum absolute atomic E-state index is 0.0516. The van der Waals surface area contributed by atoms with Crippen LogP contribution in [0.25, 0.3) is 0 Å². The van der Waals surface area contributed by atoms with E-state index in [-0.39, 0.29) is 30.4 Å². The van der Waals surface area contributed by atoms with E-state index in [1.54, 1.807) is 12.3 Å². The maximum absolute atomic E-state index is 11.6. The summed E-state index contributed by atoms with van der Waals surface area (Å²) in [6.45, 7) is 3.09. The van der Waals surface area contributed by atoms with E-state index in [0.717, 1.165) is 0 Å². The van der Waals surface area contributed by atoms with Crippen molar-refractivity contribution >= 4 is 34.1 Å². The zero-order chi connectivity index (χ0) is 13.7. The Kier molecular flexibility index (Phi) is 4.96.